The fraction of sp³-hybridized carbons (Fsp3) is 0.647. The van der Waals surface area contributed by atoms with E-state index in [9.17, 15) is 18.0 Å². The molecule has 2 rings (SSSR count). The van der Waals surface area contributed by atoms with Gasteiger partial charge in [0.2, 0.25) is 5.91 Å². The maximum atomic E-state index is 12.4. The molecule has 0 aromatic carbocycles. The van der Waals surface area contributed by atoms with Crippen LogP contribution in [0.4, 0.5) is 13.2 Å². The van der Waals surface area contributed by atoms with Crippen molar-refractivity contribution >= 4 is 11.9 Å². The molecule has 1 aromatic heterocycles. The van der Waals surface area contributed by atoms with Crippen LogP contribution in [0.3, 0.4) is 0 Å². The number of nitrogens with zero attached hydrogens (tertiary/aromatic N) is 3. The summed E-state index contributed by atoms with van der Waals surface area (Å²) in [4.78, 5) is 29.7. The molecule has 0 spiro atoms. The quantitative estimate of drug-likeness (QED) is 0.438. The smallest absolute Gasteiger partial charge is 0.475 e. The summed E-state index contributed by atoms with van der Waals surface area (Å²) in [6, 6.07) is 1.75. The van der Waals surface area contributed by atoms with Gasteiger partial charge in [-0.2, -0.15) is 13.2 Å². The Labute approximate surface area is 160 Å². The summed E-state index contributed by atoms with van der Waals surface area (Å²) in [5.74, 6) is 3.77. The zero-order valence-electron chi connectivity index (χ0n) is 16.2. The molecule has 28 heavy (non-hydrogen) atoms. The second kappa shape index (κ2) is 8.82. The van der Waals surface area contributed by atoms with Crippen molar-refractivity contribution in [1.29, 1.82) is 0 Å². The van der Waals surface area contributed by atoms with Gasteiger partial charge < -0.3 is 9.84 Å². The zero-order valence-corrected chi connectivity index (χ0v) is 16.2. The Bertz CT molecular complexity index is 673. The molecule has 1 aromatic rings. The van der Waals surface area contributed by atoms with Crippen LogP contribution in [0.25, 0.3) is 0 Å². The monoisotopic (exact) mass is 406 g/mol. The second-order valence-corrected chi connectivity index (χ2v) is 7.42. The van der Waals surface area contributed by atoms with Crippen molar-refractivity contribution < 1.29 is 32.6 Å². The molecule has 11 heteroatoms. The molecule has 1 saturated carbocycles. The van der Waals surface area contributed by atoms with Crippen LogP contribution in [0.15, 0.2) is 18.5 Å². The van der Waals surface area contributed by atoms with Crippen molar-refractivity contribution in [3.63, 3.8) is 0 Å². The summed E-state index contributed by atoms with van der Waals surface area (Å²) in [6.45, 7) is 7.78. The molecular formula is C17H25F3N4O4. The van der Waals surface area contributed by atoms with Gasteiger partial charge in [0.05, 0.1) is 18.1 Å². The van der Waals surface area contributed by atoms with E-state index < -0.39 is 17.7 Å². The summed E-state index contributed by atoms with van der Waals surface area (Å²) in [5.41, 5.74) is -0.807. The lowest BCUT2D eigenvalue weighted by Gasteiger charge is -2.29. The highest BCUT2D eigenvalue weighted by Crippen LogP contribution is 2.48. The average molecular weight is 406 g/mol. The van der Waals surface area contributed by atoms with Crippen molar-refractivity contribution in [1.82, 2.24) is 15.0 Å². The van der Waals surface area contributed by atoms with Crippen LogP contribution < -0.4 is 5.84 Å². The number of aliphatic carboxylic acids is 1. The molecule has 8 nitrogen and oxygen atoms in total. The van der Waals surface area contributed by atoms with Gasteiger partial charge in [-0.3, -0.25) is 9.80 Å². The Morgan fingerprint density at radius 2 is 1.75 bits per heavy atom. The van der Waals surface area contributed by atoms with E-state index >= 15 is 0 Å². The molecular weight excluding hydrogens is 381 g/mol. The van der Waals surface area contributed by atoms with Crippen molar-refractivity contribution in [2.75, 3.05) is 0 Å². The first-order chi connectivity index (χ1) is 12.7. The maximum Gasteiger partial charge on any atom is 0.490 e. The number of nitrogens with two attached hydrogens (primary N) is 1. The minimum Gasteiger partial charge on any atom is -0.475 e. The van der Waals surface area contributed by atoms with E-state index in [1.807, 2.05) is 27.7 Å². The molecule has 0 aliphatic heterocycles. The van der Waals surface area contributed by atoms with Gasteiger partial charge in [0.25, 0.3) is 0 Å². The zero-order chi connectivity index (χ0) is 21.8. The van der Waals surface area contributed by atoms with E-state index in [1.54, 1.807) is 18.5 Å². The maximum absolute atomic E-state index is 12.4. The normalized spacial score (nSPS) is 16.4. The van der Waals surface area contributed by atoms with E-state index in [0.717, 1.165) is 12.8 Å². The minimum atomic E-state index is -5.08. The third kappa shape index (κ3) is 7.04. The van der Waals surface area contributed by atoms with E-state index in [4.69, 9.17) is 20.5 Å². The summed E-state index contributed by atoms with van der Waals surface area (Å²) in [7, 11) is 0. The molecule has 0 bridgehead atoms. The van der Waals surface area contributed by atoms with E-state index in [2.05, 4.69) is 9.97 Å². The Morgan fingerprint density at radius 3 is 2.11 bits per heavy atom. The number of carboxylic acids is 1. The SMILES string of the molecule is CC(CC(=O)N(N)C1(c2ncccn2)CC1)OC(C)(C)C.O=C(O)C(F)(F)F. The third-order valence-corrected chi connectivity index (χ3v) is 3.69. The molecule has 1 aliphatic carbocycles. The first-order valence-corrected chi connectivity index (χ1v) is 8.52. The Morgan fingerprint density at radius 1 is 1.29 bits per heavy atom. The Balaban J connectivity index is 0.000000480. The van der Waals surface area contributed by atoms with Gasteiger partial charge in [-0.05, 0) is 46.6 Å². The topological polar surface area (TPSA) is 119 Å². The number of carbonyl (C=O) groups is 2. The van der Waals surface area contributed by atoms with Crippen molar-refractivity contribution in [2.24, 2.45) is 5.84 Å². The number of alkyl halides is 3. The summed E-state index contributed by atoms with van der Waals surface area (Å²) >= 11 is 0. The number of hydrazine groups is 1. The van der Waals surface area contributed by atoms with Gasteiger partial charge >= 0.3 is 12.1 Å². The molecule has 0 saturated heterocycles. The van der Waals surface area contributed by atoms with Gasteiger partial charge in [0, 0.05) is 12.4 Å². The molecule has 1 fully saturated rings. The summed E-state index contributed by atoms with van der Waals surface area (Å²) in [5, 5.41) is 8.42. The molecule has 1 aliphatic rings. The van der Waals surface area contributed by atoms with Crippen molar-refractivity contribution in [3.8, 4) is 0 Å². The number of ether oxygens (including phenoxy) is 1. The van der Waals surface area contributed by atoms with Crippen LogP contribution in [0.5, 0.6) is 0 Å². The number of hydrogen-bond acceptors (Lipinski definition) is 6. The lowest BCUT2D eigenvalue weighted by molar-refractivity contribution is -0.192. The van der Waals surface area contributed by atoms with Crippen LogP contribution in [0.2, 0.25) is 0 Å². The predicted octanol–water partition coefficient (Wildman–Crippen LogP) is 2.39. The molecule has 1 unspecified atom stereocenters. The van der Waals surface area contributed by atoms with Crippen LogP contribution >= 0.6 is 0 Å². The van der Waals surface area contributed by atoms with Gasteiger partial charge in [0.1, 0.15) is 5.54 Å². The highest BCUT2D eigenvalue weighted by molar-refractivity contribution is 5.77. The average Bonchev–Trinajstić information content (AvgIpc) is 3.34. The minimum absolute atomic E-state index is 0.142. The van der Waals surface area contributed by atoms with Gasteiger partial charge in [-0.1, -0.05) is 0 Å². The summed E-state index contributed by atoms with van der Waals surface area (Å²) < 4.78 is 37.5. The predicted molar refractivity (Wildman–Crippen MR) is 92.6 cm³/mol. The van der Waals surface area contributed by atoms with Crippen LogP contribution in [0, 0.1) is 0 Å². The molecule has 158 valence electrons. The number of amides is 1. The highest BCUT2D eigenvalue weighted by atomic mass is 19.4. The van der Waals surface area contributed by atoms with Crippen LogP contribution in [0.1, 0.15) is 52.8 Å². The number of rotatable bonds is 5. The van der Waals surface area contributed by atoms with Gasteiger partial charge in [-0.25, -0.2) is 20.6 Å². The number of hydrogen-bond donors (Lipinski definition) is 2. The molecule has 1 amide bonds. The van der Waals surface area contributed by atoms with E-state index in [-0.39, 0.29) is 24.0 Å². The van der Waals surface area contributed by atoms with Crippen LogP contribution in [-0.4, -0.2) is 49.8 Å². The fourth-order valence-electron chi connectivity index (χ4n) is 2.46. The Kier molecular flexibility index (Phi) is 7.49. The lowest BCUT2D eigenvalue weighted by Crippen LogP contribution is -2.47. The molecule has 1 atom stereocenters. The van der Waals surface area contributed by atoms with E-state index in [0.29, 0.717) is 5.82 Å². The largest absolute Gasteiger partial charge is 0.490 e. The van der Waals surface area contributed by atoms with Crippen molar-refractivity contribution in [2.45, 2.75) is 70.4 Å². The molecule has 3 N–H and O–H groups in total. The standard InChI is InChI=1S/C15H24N4O2.C2HF3O2/c1-11(21-14(2,3)4)10-12(20)19(16)15(6-7-15)13-17-8-5-9-18-13;3-2(4,5)1(6)7/h5,8-9,11H,6-7,10,16H2,1-4H3;(H,6,7). The summed E-state index contributed by atoms with van der Waals surface area (Å²) in [6.07, 6.45) is -0.0711. The third-order valence-electron chi connectivity index (χ3n) is 3.69. The number of aromatic nitrogens is 2. The van der Waals surface area contributed by atoms with Gasteiger partial charge in [-0.15, -0.1) is 0 Å². The van der Waals surface area contributed by atoms with E-state index in [1.165, 1.54) is 5.01 Å². The first kappa shape index (κ1) is 23.8. The van der Waals surface area contributed by atoms with Gasteiger partial charge in [0.15, 0.2) is 5.82 Å². The molecule has 0 radical (unpaired) electrons. The number of carboxylic acid groups (broad SMARTS) is 1. The number of carbonyl (C=O) groups excluding carboxylic acids is 1. The Hall–Kier alpha value is -2.27. The van der Waals surface area contributed by atoms with Crippen molar-refractivity contribution in [3.05, 3.63) is 24.3 Å². The van der Waals surface area contributed by atoms with Crippen LogP contribution in [-0.2, 0) is 19.9 Å². The first-order valence-electron chi connectivity index (χ1n) is 8.52. The lowest BCUT2D eigenvalue weighted by atomic mass is 10.1. The second-order valence-electron chi connectivity index (χ2n) is 7.42. The highest BCUT2D eigenvalue weighted by Gasteiger charge is 2.53. The fourth-order valence-corrected chi connectivity index (χ4v) is 2.46. The number of halogens is 3. The molecule has 1 heterocycles.